The first-order valence-corrected chi connectivity index (χ1v) is 8.68. The van der Waals surface area contributed by atoms with Crippen LogP contribution >= 0.6 is 23.4 Å². The fourth-order valence-electron chi connectivity index (χ4n) is 2.02. The van der Waals surface area contributed by atoms with Gasteiger partial charge in [-0.25, -0.2) is 0 Å². The van der Waals surface area contributed by atoms with E-state index in [4.69, 9.17) is 11.6 Å². The van der Waals surface area contributed by atoms with Gasteiger partial charge in [0.2, 0.25) is 5.91 Å². The molecule has 0 aliphatic carbocycles. The Hall–Kier alpha value is -2.26. The average Bonchev–Trinajstić information content (AvgIpc) is 2.56. The minimum Gasteiger partial charge on any atom is -0.325 e. The van der Waals surface area contributed by atoms with Gasteiger partial charge in [0.15, 0.2) is 0 Å². The molecule has 0 atom stereocenters. The van der Waals surface area contributed by atoms with Crippen molar-refractivity contribution in [3.63, 3.8) is 0 Å². The number of nitro benzene ring substituents is 1. The number of non-ortho nitro benzene ring substituents is 1. The first-order valence-electron chi connectivity index (χ1n) is 7.14. The van der Waals surface area contributed by atoms with Crippen LogP contribution in [-0.2, 0) is 16.7 Å². The number of halogens is 4. The van der Waals surface area contributed by atoms with Gasteiger partial charge in [-0.3, -0.25) is 14.9 Å². The minimum absolute atomic E-state index is 0.0427. The van der Waals surface area contributed by atoms with Crippen molar-refractivity contribution in [3.8, 4) is 0 Å². The van der Waals surface area contributed by atoms with Crippen LogP contribution in [0, 0.1) is 10.1 Å². The number of carbonyl (C=O) groups is 1. The molecule has 0 fully saturated rings. The monoisotopic (exact) mass is 404 g/mol. The van der Waals surface area contributed by atoms with Gasteiger partial charge in [-0.1, -0.05) is 23.7 Å². The quantitative estimate of drug-likeness (QED) is 0.534. The van der Waals surface area contributed by atoms with Gasteiger partial charge < -0.3 is 5.32 Å². The Kier molecular flexibility index (Phi) is 6.49. The largest absolute Gasteiger partial charge is 0.418 e. The van der Waals surface area contributed by atoms with Crippen molar-refractivity contribution >= 4 is 40.6 Å². The van der Waals surface area contributed by atoms with Crippen molar-refractivity contribution in [2.24, 2.45) is 0 Å². The zero-order chi connectivity index (χ0) is 19.3. The summed E-state index contributed by atoms with van der Waals surface area (Å²) in [5, 5.41) is 12.7. The summed E-state index contributed by atoms with van der Waals surface area (Å²) in [5.74, 6) is -0.278. The molecule has 0 unspecified atom stereocenters. The molecule has 0 bridgehead atoms. The first-order chi connectivity index (χ1) is 12.2. The number of amides is 1. The molecule has 0 aromatic heterocycles. The summed E-state index contributed by atoms with van der Waals surface area (Å²) in [6, 6.07) is 8.92. The summed E-state index contributed by atoms with van der Waals surface area (Å²) in [6.07, 6.45) is -4.64. The maximum Gasteiger partial charge on any atom is 0.418 e. The van der Waals surface area contributed by atoms with E-state index >= 15 is 0 Å². The number of thioether (sulfide) groups is 1. The van der Waals surface area contributed by atoms with Crippen molar-refractivity contribution in [2.75, 3.05) is 11.1 Å². The Labute approximate surface area is 155 Å². The molecule has 0 spiro atoms. The summed E-state index contributed by atoms with van der Waals surface area (Å²) in [5.41, 5.74) is -0.656. The summed E-state index contributed by atoms with van der Waals surface area (Å²) < 4.78 is 38.9. The topological polar surface area (TPSA) is 72.2 Å². The third kappa shape index (κ3) is 5.63. The van der Waals surface area contributed by atoms with E-state index in [1.54, 1.807) is 12.1 Å². The molecule has 5 nitrogen and oxygen atoms in total. The molecule has 1 N–H and O–H groups in total. The highest BCUT2D eigenvalue weighted by atomic mass is 35.5. The number of anilines is 1. The van der Waals surface area contributed by atoms with E-state index in [-0.39, 0.29) is 22.2 Å². The highest BCUT2D eigenvalue weighted by molar-refractivity contribution is 7.99. The average molecular weight is 405 g/mol. The van der Waals surface area contributed by atoms with Crippen LogP contribution in [0.3, 0.4) is 0 Å². The van der Waals surface area contributed by atoms with Gasteiger partial charge in [0.05, 0.1) is 21.9 Å². The Balaban J connectivity index is 1.92. The fourth-order valence-corrected chi connectivity index (χ4v) is 2.98. The molecule has 0 radical (unpaired) electrons. The van der Waals surface area contributed by atoms with Gasteiger partial charge >= 0.3 is 6.18 Å². The Morgan fingerprint density at radius 1 is 1.19 bits per heavy atom. The molecule has 2 aromatic rings. The lowest BCUT2D eigenvalue weighted by molar-refractivity contribution is -0.384. The van der Waals surface area contributed by atoms with Crippen molar-refractivity contribution in [1.82, 2.24) is 0 Å². The van der Waals surface area contributed by atoms with E-state index in [9.17, 15) is 28.1 Å². The van der Waals surface area contributed by atoms with Gasteiger partial charge in [0.1, 0.15) is 0 Å². The van der Waals surface area contributed by atoms with Crippen LogP contribution in [0.1, 0.15) is 11.1 Å². The molecule has 0 heterocycles. The molecule has 1 amide bonds. The van der Waals surface area contributed by atoms with E-state index < -0.39 is 22.6 Å². The maximum atomic E-state index is 13.0. The summed E-state index contributed by atoms with van der Waals surface area (Å²) in [4.78, 5) is 21.9. The van der Waals surface area contributed by atoms with Gasteiger partial charge in [0.25, 0.3) is 5.69 Å². The van der Waals surface area contributed by atoms with Crippen molar-refractivity contribution in [1.29, 1.82) is 0 Å². The normalized spacial score (nSPS) is 11.2. The third-order valence-corrected chi connectivity index (χ3v) is 4.45. The summed E-state index contributed by atoms with van der Waals surface area (Å²) in [6.45, 7) is 0. The number of nitrogens with one attached hydrogen (secondary N) is 1. The number of benzene rings is 2. The number of alkyl halides is 3. The molecule has 10 heteroatoms. The number of hydrogen-bond donors (Lipinski definition) is 1. The van der Waals surface area contributed by atoms with Crippen LogP contribution < -0.4 is 5.32 Å². The first kappa shape index (κ1) is 20.1. The van der Waals surface area contributed by atoms with Gasteiger partial charge in [-0.15, -0.1) is 11.8 Å². The van der Waals surface area contributed by atoms with Crippen LogP contribution in [0.5, 0.6) is 0 Å². The number of nitrogens with zero attached hydrogens (tertiary/aromatic N) is 1. The minimum atomic E-state index is -4.64. The van der Waals surface area contributed by atoms with Crippen LogP contribution in [0.4, 0.5) is 24.5 Å². The molecule has 2 aromatic carbocycles. The van der Waals surface area contributed by atoms with E-state index in [1.165, 1.54) is 30.0 Å². The van der Waals surface area contributed by atoms with Crippen LogP contribution in [0.15, 0.2) is 42.5 Å². The second-order valence-electron chi connectivity index (χ2n) is 5.15. The molecular weight excluding hydrogens is 393 g/mol. The molecule has 0 aliphatic heterocycles. The van der Waals surface area contributed by atoms with Crippen LogP contribution in [0.25, 0.3) is 0 Å². The summed E-state index contributed by atoms with van der Waals surface area (Å²) in [7, 11) is 0. The predicted molar refractivity (Wildman–Crippen MR) is 94.3 cm³/mol. The predicted octanol–water partition coefficient (Wildman–Crippen LogP) is 5.14. The lowest BCUT2D eigenvalue weighted by Gasteiger charge is -2.14. The highest BCUT2D eigenvalue weighted by Gasteiger charge is 2.34. The van der Waals surface area contributed by atoms with Crippen molar-refractivity contribution < 1.29 is 22.9 Å². The molecule has 0 saturated carbocycles. The van der Waals surface area contributed by atoms with Crippen LogP contribution in [-0.4, -0.2) is 16.6 Å². The lowest BCUT2D eigenvalue weighted by atomic mass is 10.1. The molecule has 138 valence electrons. The van der Waals surface area contributed by atoms with Gasteiger partial charge in [-0.05, 0) is 23.8 Å². The molecule has 2 rings (SSSR count). The number of carbonyl (C=O) groups excluding carboxylic acids is 1. The zero-order valence-corrected chi connectivity index (χ0v) is 14.6. The Morgan fingerprint density at radius 2 is 1.85 bits per heavy atom. The van der Waals surface area contributed by atoms with E-state index in [1.807, 2.05) is 0 Å². The smallest absolute Gasteiger partial charge is 0.325 e. The zero-order valence-electron chi connectivity index (χ0n) is 13.0. The second-order valence-corrected chi connectivity index (χ2v) is 6.57. The van der Waals surface area contributed by atoms with Gasteiger partial charge in [-0.2, -0.15) is 13.2 Å². The standard InChI is InChI=1S/C16H12ClF3N2O3S/c17-11-3-6-14(13(7-11)16(18,19)20)21-15(23)9-26-8-10-1-4-12(5-2-10)22(24)25/h1-7H,8-9H2,(H,21,23). The molecular formula is C16H12ClF3N2O3S. The van der Waals surface area contributed by atoms with Crippen molar-refractivity contribution in [3.05, 3.63) is 68.7 Å². The number of rotatable bonds is 6. The Bertz CT molecular complexity index is 813. The molecule has 0 saturated heterocycles. The number of nitro groups is 1. The van der Waals surface area contributed by atoms with Crippen molar-refractivity contribution in [2.45, 2.75) is 11.9 Å². The van der Waals surface area contributed by atoms with E-state index in [0.717, 1.165) is 17.7 Å². The van der Waals surface area contributed by atoms with E-state index in [2.05, 4.69) is 5.32 Å². The third-order valence-electron chi connectivity index (χ3n) is 3.21. The summed E-state index contributed by atoms with van der Waals surface area (Å²) >= 11 is 6.76. The molecule has 26 heavy (non-hydrogen) atoms. The van der Waals surface area contributed by atoms with E-state index in [0.29, 0.717) is 5.75 Å². The van der Waals surface area contributed by atoms with Gasteiger partial charge in [0, 0.05) is 22.9 Å². The second kappa shape index (κ2) is 8.41. The highest BCUT2D eigenvalue weighted by Crippen LogP contribution is 2.36. The van der Waals surface area contributed by atoms with Crippen LogP contribution in [0.2, 0.25) is 5.02 Å². The fraction of sp³-hybridized carbons (Fsp3) is 0.188. The molecule has 0 aliphatic rings. The maximum absolute atomic E-state index is 13.0. The lowest BCUT2D eigenvalue weighted by Crippen LogP contribution is -2.18. The Morgan fingerprint density at radius 3 is 2.42 bits per heavy atom. The number of hydrogen-bond acceptors (Lipinski definition) is 4. The SMILES string of the molecule is O=C(CSCc1ccc([N+](=O)[O-])cc1)Nc1ccc(Cl)cc1C(F)(F)F.